The number of hydrogen-bond donors (Lipinski definition) is 1. The summed E-state index contributed by atoms with van der Waals surface area (Å²) in [6.45, 7) is 0. The first-order chi connectivity index (χ1) is 1.73. The molecular weight excluding hydrogens is 216 g/mol. The first-order valence-corrected chi connectivity index (χ1v) is 0.548. The zero-order valence-electron chi connectivity index (χ0n) is 3.17. The summed E-state index contributed by atoms with van der Waals surface area (Å²) in [6.07, 6.45) is 0. The molecule has 6 heteroatoms. The van der Waals surface area contributed by atoms with Gasteiger partial charge in [-0.05, 0) is 0 Å². The molecule has 0 bridgehead atoms. The first kappa shape index (κ1) is 16.0. The van der Waals surface area contributed by atoms with E-state index in [0.717, 1.165) is 0 Å². The van der Waals surface area contributed by atoms with Gasteiger partial charge in [0.2, 0.25) is 0 Å². The summed E-state index contributed by atoms with van der Waals surface area (Å²) in [7, 11) is 0. The third kappa shape index (κ3) is 197. The van der Waals surface area contributed by atoms with Gasteiger partial charge in [0.05, 0.1) is 5.09 Å². The molecule has 0 radical (unpaired) electrons. The Labute approximate surface area is 67.8 Å². The molecular formula is H4CeN2O3+4. The summed E-state index contributed by atoms with van der Waals surface area (Å²) in [4.78, 5) is 8.25. The van der Waals surface area contributed by atoms with Gasteiger partial charge in [-0.15, -0.1) is 0 Å². The minimum atomic E-state index is -1.75. The van der Waals surface area contributed by atoms with Crippen molar-refractivity contribution in [3.05, 3.63) is 15.3 Å². The van der Waals surface area contributed by atoms with Gasteiger partial charge in [0.1, 0.15) is 0 Å². The molecule has 32 valence electrons. The quantitative estimate of drug-likeness (QED) is 0.463. The molecule has 0 aliphatic rings. The van der Waals surface area contributed by atoms with Crippen LogP contribution in [0.25, 0.3) is 0 Å². The summed E-state index contributed by atoms with van der Waals surface area (Å²) in [5, 5.41) is 14.8. The van der Waals surface area contributed by atoms with E-state index in [4.69, 9.17) is 15.3 Å². The molecule has 0 saturated heterocycles. The molecule has 0 heterocycles. The molecule has 0 aliphatic carbocycles. The van der Waals surface area contributed by atoms with E-state index >= 15 is 0 Å². The Morgan fingerprint density at radius 2 is 1.33 bits per heavy atom. The Morgan fingerprint density at radius 3 is 1.33 bits per heavy atom. The summed E-state index contributed by atoms with van der Waals surface area (Å²) in [6, 6.07) is 0. The number of nitrogens with zero attached hydrogens (tertiary/aromatic N) is 1. The fourth-order valence-corrected chi connectivity index (χ4v) is 0. The largest absolute Gasteiger partial charge is 4.00 e. The van der Waals surface area contributed by atoms with Crippen molar-refractivity contribution in [3.63, 3.8) is 0 Å². The summed E-state index contributed by atoms with van der Waals surface area (Å²) in [5.41, 5.74) is 0. The maximum Gasteiger partial charge on any atom is 4.00 e. The van der Waals surface area contributed by atoms with Crippen LogP contribution in [0.2, 0.25) is 0 Å². The van der Waals surface area contributed by atoms with Gasteiger partial charge in [0, 0.05) is 0 Å². The minimum absolute atomic E-state index is 0. The molecule has 6 heavy (non-hydrogen) atoms. The van der Waals surface area contributed by atoms with E-state index in [2.05, 4.69) is 0 Å². The standard InChI is InChI=1S/Ce.NO3.H3N/c;2-1(3)4;/h;;1H3/q+4;-1;/p+1. The summed E-state index contributed by atoms with van der Waals surface area (Å²) < 4.78 is 0. The number of hydrogen-bond acceptors (Lipinski definition) is 3. The molecule has 0 rings (SSSR count). The van der Waals surface area contributed by atoms with Crippen LogP contribution in [0.1, 0.15) is 0 Å². The summed E-state index contributed by atoms with van der Waals surface area (Å²) >= 11 is 0. The van der Waals surface area contributed by atoms with Crippen LogP contribution in [0.5, 0.6) is 0 Å². The molecule has 0 saturated carbocycles. The molecule has 0 fully saturated rings. The van der Waals surface area contributed by atoms with E-state index in [-0.39, 0.29) is 47.9 Å². The van der Waals surface area contributed by atoms with Gasteiger partial charge in [-0.2, -0.15) is 0 Å². The summed E-state index contributed by atoms with van der Waals surface area (Å²) in [5.74, 6) is 0. The normalized spacial score (nSPS) is 4.00. The van der Waals surface area contributed by atoms with Crippen LogP contribution >= 0.6 is 0 Å². The molecule has 0 aliphatic heterocycles. The SMILES string of the molecule is O=[N+]([O-])[O-].[Ce+4].[NH4+]. The van der Waals surface area contributed by atoms with Crippen LogP contribution in [0.3, 0.4) is 0 Å². The molecule has 0 aromatic rings. The van der Waals surface area contributed by atoms with E-state index in [9.17, 15) is 0 Å². The van der Waals surface area contributed by atoms with E-state index in [1.807, 2.05) is 0 Å². The molecule has 0 atom stereocenters. The average molecular weight is 220 g/mol. The van der Waals surface area contributed by atoms with E-state index < -0.39 is 5.09 Å². The maximum atomic E-state index is 8.25. The van der Waals surface area contributed by atoms with Crippen LogP contribution in [0.15, 0.2) is 0 Å². The molecule has 4 N–H and O–H groups in total. The zero-order valence-corrected chi connectivity index (χ0v) is 6.31. The van der Waals surface area contributed by atoms with Crippen molar-refractivity contribution in [1.29, 1.82) is 0 Å². The van der Waals surface area contributed by atoms with Crippen molar-refractivity contribution in [2.45, 2.75) is 0 Å². The Balaban J connectivity index is -0.0000000450. The topological polar surface area (TPSA) is 103 Å². The Morgan fingerprint density at radius 1 is 1.33 bits per heavy atom. The van der Waals surface area contributed by atoms with Gasteiger partial charge in [-0.25, -0.2) is 0 Å². The van der Waals surface area contributed by atoms with E-state index in [1.54, 1.807) is 0 Å². The predicted molar refractivity (Wildman–Crippen MR) is 16.3 cm³/mol. The smallest absolute Gasteiger partial charge is 0.369 e. The van der Waals surface area contributed by atoms with Crippen LogP contribution in [0.4, 0.5) is 0 Å². The second-order valence-electron chi connectivity index (χ2n) is 0.224. The zero-order chi connectivity index (χ0) is 3.58. The van der Waals surface area contributed by atoms with Crippen LogP contribution in [-0.4, -0.2) is 5.09 Å². The molecule has 0 aromatic heterocycles. The van der Waals surface area contributed by atoms with Crippen LogP contribution in [0, 0.1) is 57.1 Å². The van der Waals surface area contributed by atoms with Crippen molar-refractivity contribution >= 4 is 0 Å². The van der Waals surface area contributed by atoms with Crippen molar-refractivity contribution in [2.75, 3.05) is 0 Å². The van der Waals surface area contributed by atoms with Crippen LogP contribution in [-0.2, 0) is 0 Å². The van der Waals surface area contributed by atoms with Crippen LogP contribution < -0.4 is 6.15 Å². The van der Waals surface area contributed by atoms with Crippen molar-refractivity contribution in [2.24, 2.45) is 0 Å². The molecule has 0 unspecified atom stereocenters. The molecule has 0 aromatic carbocycles. The maximum absolute atomic E-state index is 8.25. The van der Waals surface area contributed by atoms with Gasteiger partial charge >= 0.3 is 41.7 Å². The van der Waals surface area contributed by atoms with Crippen molar-refractivity contribution in [3.8, 4) is 0 Å². The number of quaternary nitrogens is 1. The predicted octanol–water partition coefficient (Wildman–Crippen LogP) is 0.137. The van der Waals surface area contributed by atoms with E-state index in [1.165, 1.54) is 0 Å². The van der Waals surface area contributed by atoms with Gasteiger partial charge < -0.3 is 21.5 Å². The van der Waals surface area contributed by atoms with Gasteiger partial charge in [0.25, 0.3) is 0 Å². The van der Waals surface area contributed by atoms with Crippen molar-refractivity contribution in [1.82, 2.24) is 6.15 Å². The third-order valence-electron chi connectivity index (χ3n) is 0. The second kappa shape index (κ2) is 9.11. The van der Waals surface area contributed by atoms with Gasteiger partial charge in [-0.1, -0.05) is 0 Å². The first-order valence-electron chi connectivity index (χ1n) is 0.548. The Hall–Kier alpha value is 0.537. The van der Waals surface area contributed by atoms with Gasteiger partial charge in [0.15, 0.2) is 0 Å². The average Bonchev–Trinajstić information content (AvgIpc) is 0.811. The number of rotatable bonds is 0. The molecule has 0 spiro atoms. The van der Waals surface area contributed by atoms with Gasteiger partial charge in [-0.3, -0.25) is 0 Å². The molecule has 5 nitrogen and oxygen atoms in total. The minimum Gasteiger partial charge on any atom is -0.369 e. The van der Waals surface area contributed by atoms with E-state index in [0.29, 0.717) is 0 Å². The van der Waals surface area contributed by atoms with Crippen molar-refractivity contribution < 1.29 is 46.8 Å². The fourth-order valence-electron chi connectivity index (χ4n) is 0. The fraction of sp³-hybridized carbons (Fsp3) is 0. The second-order valence-corrected chi connectivity index (χ2v) is 0.224. The Bertz CT molecular complexity index is 31.8. The Kier molecular flexibility index (Phi) is 24.3. The third-order valence-corrected chi connectivity index (χ3v) is 0. The monoisotopic (exact) mass is 220 g/mol. The molecule has 0 amide bonds.